The van der Waals surface area contributed by atoms with Gasteiger partial charge >= 0.3 is 0 Å². The highest BCUT2D eigenvalue weighted by Crippen LogP contribution is 2.39. The Morgan fingerprint density at radius 3 is 2.71 bits per heavy atom. The molecule has 0 spiro atoms. The number of thioether (sulfide) groups is 1. The van der Waals surface area contributed by atoms with Gasteiger partial charge < -0.3 is 9.88 Å². The number of nitrogens with one attached hydrogen (secondary N) is 1. The van der Waals surface area contributed by atoms with Crippen LogP contribution in [-0.2, 0) is 11.3 Å². The second-order valence-corrected chi connectivity index (χ2v) is 6.36. The third-order valence-electron chi connectivity index (χ3n) is 3.65. The molecule has 0 bridgehead atoms. The summed E-state index contributed by atoms with van der Waals surface area (Å²) < 4.78 is 41.5. The predicted molar refractivity (Wildman–Crippen MR) is 83.3 cm³/mol. The zero-order valence-corrected chi connectivity index (χ0v) is 13.7. The van der Waals surface area contributed by atoms with Crippen molar-refractivity contribution in [1.29, 1.82) is 0 Å². The Morgan fingerprint density at radius 2 is 2.04 bits per heavy atom. The predicted octanol–water partition coefficient (Wildman–Crippen LogP) is 3.32. The summed E-state index contributed by atoms with van der Waals surface area (Å²) in [5.74, 6) is -3.54. The highest BCUT2D eigenvalue weighted by Gasteiger charge is 2.30. The second kappa shape index (κ2) is 6.84. The fourth-order valence-corrected chi connectivity index (χ4v) is 3.10. The van der Waals surface area contributed by atoms with Gasteiger partial charge in [-0.3, -0.25) is 4.79 Å². The van der Waals surface area contributed by atoms with Crippen LogP contribution in [0.4, 0.5) is 18.9 Å². The van der Waals surface area contributed by atoms with Crippen molar-refractivity contribution < 1.29 is 18.0 Å². The second-order valence-electron chi connectivity index (χ2n) is 5.42. The molecule has 1 heterocycles. The van der Waals surface area contributed by atoms with E-state index in [1.807, 2.05) is 11.5 Å². The van der Waals surface area contributed by atoms with Gasteiger partial charge in [-0.1, -0.05) is 11.8 Å². The number of anilines is 1. The first-order chi connectivity index (χ1) is 11.5. The van der Waals surface area contributed by atoms with Crippen molar-refractivity contribution in [3.05, 3.63) is 35.4 Å². The smallest absolute Gasteiger partial charge is 0.234 e. The largest absolute Gasteiger partial charge is 0.323 e. The first-order valence-corrected chi connectivity index (χ1v) is 8.49. The molecule has 1 amide bonds. The summed E-state index contributed by atoms with van der Waals surface area (Å²) in [4.78, 5) is 11.9. The molecule has 1 fully saturated rings. The number of benzene rings is 1. The summed E-state index contributed by atoms with van der Waals surface area (Å²) in [5, 5.41) is 11.1. The molecule has 1 saturated carbocycles. The number of rotatable bonds is 6. The van der Waals surface area contributed by atoms with Gasteiger partial charge in [0, 0.05) is 12.5 Å². The molecule has 24 heavy (non-hydrogen) atoms. The lowest BCUT2D eigenvalue weighted by Crippen LogP contribution is -2.16. The van der Waals surface area contributed by atoms with Crippen LogP contribution in [0, 0.1) is 17.5 Å². The first-order valence-electron chi connectivity index (χ1n) is 7.50. The van der Waals surface area contributed by atoms with E-state index in [9.17, 15) is 18.0 Å². The number of amides is 1. The SMILES string of the molecule is CCn1c(SCC(=O)Nc2ccc(F)c(F)c2F)nnc1C1CC1. The van der Waals surface area contributed by atoms with E-state index in [2.05, 4.69) is 15.5 Å². The Morgan fingerprint density at radius 1 is 1.29 bits per heavy atom. The monoisotopic (exact) mass is 356 g/mol. The van der Waals surface area contributed by atoms with Crippen LogP contribution in [-0.4, -0.2) is 26.4 Å². The van der Waals surface area contributed by atoms with Crippen molar-refractivity contribution in [2.24, 2.45) is 0 Å². The lowest BCUT2D eigenvalue weighted by atomic mass is 10.3. The van der Waals surface area contributed by atoms with Crippen LogP contribution in [0.5, 0.6) is 0 Å². The molecular formula is C15H15F3N4OS. The van der Waals surface area contributed by atoms with Gasteiger partial charge in [0.15, 0.2) is 22.6 Å². The van der Waals surface area contributed by atoms with E-state index >= 15 is 0 Å². The third kappa shape index (κ3) is 3.40. The molecule has 0 atom stereocenters. The van der Waals surface area contributed by atoms with E-state index in [-0.39, 0.29) is 5.75 Å². The number of aromatic nitrogens is 3. The molecule has 5 nitrogen and oxygen atoms in total. The molecule has 9 heteroatoms. The lowest BCUT2D eigenvalue weighted by Gasteiger charge is -2.08. The molecule has 1 aliphatic carbocycles. The van der Waals surface area contributed by atoms with E-state index in [0.717, 1.165) is 30.8 Å². The van der Waals surface area contributed by atoms with Crippen molar-refractivity contribution >= 4 is 23.4 Å². The first kappa shape index (κ1) is 16.8. The van der Waals surface area contributed by atoms with Crippen LogP contribution in [0.15, 0.2) is 17.3 Å². The minimum atomic E-state index is -1.61. The van der Waals surface area contributed by atoms with Gasteiger partial charge in [0.1, 0.15) is 5.82 Å². The Labute approximate surface area is 140 Å². The molecule has 1 aliphatic rings. The molecule has 0 radical (unpaired) electrons. The van der Waals surface area contributed by atoms with Crippen LogP contribution in [0.3, 0.4) is 0 Å². The fraction of sp³-hybridized carbons (Fsp3) is 0.400. The van der Waals surface area contributed by atoms with Crippen molar-refractivity contribution in [2.45, 2.75) is 37.4 Å². The Balaban J connectivity index is 1.63. The van der Waals surface area contributed by atoms with Crippen LogP contribution in [0.1, 0.15) is 31.5 Å². The zero-order valence-electron chi connectivity index (χ0n) is 12.9. The van der Waals surface area contributed by atoms with Crippen LogP contribution < -0.4 is 5.32 Å². The van der Waals surface area contributed by atoms with Crippen molar-refractivity contribution in [3.63, 3.8) is 0 Å². The van der Waals surface area contributed by atoms with Gasteiger partial charge in [-0.2, -0.15) is 0 Å². The van der Waals surface area contributed by atoms with Crippen molar-refractivity contribution in [3.8, 4) is 0 Å². The average Bonchev–Trinajstić information content (AvgIpc) is 3.33. The van der Waals surface area contributed by atoms with Gasteiger partial charge in [0.2, 0.25) is 5.91 Å². The molecule has 128 valence electrons. The molecule has 0 aliphatic heterocycles. The summed E-state index contributed by atoms with van der Waals surface area (Å²) in [7, 11) is 0. The maximum absolute atomic E-state index is 13.5. The summed E-state index contributed by atoms with van der Waals surface area (Å²) >= 11 is 1.17. The lowest BCUT2D eigenvalue weighted by molar-refractivity contribution is -0.113. The molecular weight excluding hydrogens is 341 g/mol. The molecule has 0 unspecified atom stereocenters. The van der Waals surface area contributed by atoms with Crippen LogP contribution in [0.2, 0.25) is 0 Å². The maximum Gasteiger partial charge on any atom is 0.234 e. The van der Waals surface area contributed by atoms with E-state index in [0.29, 0.717) is 17.6 Å². The van der Waals surface area contributed by atoms with Gasteiger partial charge in [0.05, 0.1) is 11.4 Å². The molecule has 2 aromatic rings. The minimum Gasteiger partial charge on any atom is -0.323 e. The highest BCUT2D eigenvalue weighted by atomic mass is 32.2. The summed E-state index contributed by atoms with van der Waals surface area (Å²) in [6.07, 6.45) is 2.19. The third-order valence-corrected chi connectivity index (χ3v) is 4.61. The molecule has 0 saturated heterocycles. The summed E-state index contributed by atoms with van der Waals surface area (Å²) in [5.41, 5.74) is -0.393. The average molecular weight is 356 g/mol. The molecule has 1 N–H and O–H groups in total. The quantitative estimate of drug-likeness (QED) is 0.637. The Kier molecular flexibility index (Phi) is 4.79. The van der Waals surface area contributed by atoms with E-state index in [1.54, 1.807) is 0 Å². The van der Waals surface area contributed by atoms with E-state index in [1.165, 1.54) is 11.8 Å². The fourth-order valence-electron chi connectivity index (χ4n) is 2.29. The van der Waals surface area contributed by atoms with E-state index in [4.69, 9.17) is 0 Å². The molecule has 3 rings (SSSR count). The minimum absolute atomic E-state index is 0.0404. The number of nitrogens with zero attached hydrogens (tertiary/aromatic N) is 3. The van der Waals surface area contributed by atoms with Crippen molar-refractivity contribution in [2.75, 3.05) is 11.1 Å². The zero-order chi connectivity index (χ0) is 17.3. The summed E-state index contributed by atoms with van der Waals surface area (Å²) in [6, 6.07) is 1.74. The number of hydrogen-bond donors (Lipinski definition) is 1. The molecule has 1 aromatic carbocycles. The van der Waals surface area contributed by atoms with Gasteiger partial charge in [-0.05, 0) is 31.9 Å². The number of halogens is 3. The van der Waals surface area contributed by atoms with Crippen LogP contribution >= 0.6 is 11.8 Å². The topological polar surface area (TPSA) is 59.8 Å². The number of hydrogen-bond acceptors (Lipinski definition) is 4. The summed E-state index contributed by atoms with van der Waals surface area (Å²) in [6.45, 7) is 2.66. The number of carbonyl (C=O) groups is 1. The van der Waals surface area contributed by atoms with Gasteiger partial charge in [-0.15, -0.1) is 10.2 Å². The Bertz CT molecular complexity index is 776. The molecule has 1 aromatic heterocycles. The maximum atomic E-state index is 13.5. The normalized spacial score (nSPS) is 14.0. The highest BCUT2D eigenvalue weighted by molar-refractivity contribution is 7.99. The standard InChI is InChI=1S/C15H15F3N4OS/c1-2-22-14(8-3-4-8)20-21-15(22)24-7-11(23)19-10-6-5-9(16)12(17)13(10)18/h5-6,8H,2-4,7H2,1H3,(H,19,23). The van der Waals surface area contributed by atoms with E-state index < -0.39 is 29.0 Å². The number of carbonyl (C=O) groups excluding carboxylic acids is 1. The van der Waals surface area contributed by atoms with Gasteiger partial charge in [0.25, 0.3) is 0 Å². The van der Waals surface area contributed by atoms with Crippen LogP contribution in [0.25, 0.3) is 0 Å². The Hall–Kier alpha value is -2.03. The van der Waals surface area contributed by atoms with Crippen molar-refractivity contribution in [1.82, 2.24) is 14.8 Å². The van der Waals surface area contributed by atoms with Gasteiger partial charge in [-0.25, -0.2) is 13.2 Å².